The SMILES string of the molecule is OC[C@@H](O)C[C@H](O)Cc1ccccc1. The molecule has 3 N–H and O–H groups in total. The number of rotatable bonds is 5. The fraction of sp³-hybridized carbons (Fsp3) is 0.455. The van der Waals surface area contributed by atoms with E-state index in [1.165, 1.54) is 0 Å². The maximum Gasteiger partial charge on any atom is 0.0795 e. The predicted molar refractivity (Wildman–Crippen MR) is 53.9 cm³/mol. The molecule has 0 aliphatic heterocycles. The second-order valence-corrected chi connectivity index (χ2v) is 3.42. The summed E-state index contributed by atoms with van der Waals surface area (Å²) in [4.78, 5) is 0. The molecule has 1 aromatic rings. The van der Waals surface area contributed by atoms with Crippen molar-refractivity contribution in [2.45, 2.75) is 25.0 Å². The number of benzene rings is 1. The van der Waals surface area contributed by atoms with Crippen LogP contribution in [-0.2, 0) is 6.42 Å². The highest BCUT2D eigenvalue weighted by molar-refractivity contribution is 5.15. The fourth-order valence-electron chi connectivity index (χ4n) is 1.36. The van der Waals surface area contributed by atoms with Crippen LogP contribution in [0.1, 0.15) is 12.0 Å². The second kappa shape index (κ2) is 5.75. The Bertz CT molecular complexity index is 248. The van der Waals surface area contributed by atoms with E-state index in [9.17, 15) is 5.11 Å². The fourth-order valence-corrected chi connectivity index (χ4v) is 1.36. The number of aliphatic hydroxyl groups is 3. The van der Waals surface area contributed by atoms with Crippen molar-refractivity contribution in [3.8, 4) is 0 Å². The van der Waals surface area contributed by atoms with E-state index in [-0.39, 0.29) is 13.0 Å². The van der Waals surface area contributed by atoms with Gasteiger partial charge >= 0.3 is 0 Å². The van der Waals surface area contributed by atoms with Gasteiger partial charge in [0.15, 0.2) is 0 Å². The molecule has 0 amide bonds. The summed E-state index contributed by atoms with van der Waals surface area (Å²) in [5.74, 6) is 0. The van der Waals surface area contributed by atoms with Gasteiger partial charge < -0.3 is 15.3 Å². The molecule has 0 aliphatic carbocycles. The summed E-state index contributed by atoms with van der Waals surface area (Å²) < 4.78 is 0. The molecule has 3 heteroatoms. The Morgan fingerprint density at radius 3 is 2.21 bits per heavy atom. The van der Waals surface area contributed by atoms with Gasteiger partial charge in [-0.3, -0.25) is 0 Å². The maximum absolute atomic E-state index is 9.53. The van der Waals surface area contributed by atoms with Crippen molar-refractivity contribution in [2.75, 3.05) is 6.61 Å². The molecule has 3 nitrogen and oxygen atoms in total. The Hall–Kier alpha value is -0.900. The Balaban J connectivity index is 2.37. The largest absolute Gasteiger partial charge is 0.394 e. The summed E-state index contributed by atoms with van der Waals surface area (Å²) in [6.07, 6.45) is -0.697. The lowest BCUT2D eigenvalue weighted by Gasteiger charge is -2.13. The van der Waals surface area contributed by atoms with Gasteiger partial charge in [0.05, 0.1) is 18.8 Å². The van der Waals surface area contributed by atoms with Gasteiger partial charge in [0.2, 0.25) is 0 Å². The van der Waals surface area contributed by atoms with Crippen LogP contribution < -0.4 is 0 Å². The van der Waals surface area contributed by atoms with E-state index in [4.69, 9.17) is 10.2 Å². The van der Waals surface area contributed by atoms with Gasteiger partial charge in [-0.2, -0.15) is 0 Å². The minimum Gasteiger partial charge on any atom is -0.394 e. The van der Waals surface area contributed by atoms with E-state index in [1.54, 1.807) is 0 Å². The molecular weight excluding hydrogens is 180 g/mol. The molecule has 1 aromatic carbocycles. The molecule has 0 aliphatic rings. The highest BCUT2D eigenvalue weighted by atomic mass is 16.3. The third kappa shape index (κ3) is 3.87. The summed E-state index contributed by atoms with van der Waals surface area (Å²) in [5, 5.41) is 27.2. The van der Waals surface area contributed by atoms with E-state index >= 15 is 0 Å². The normalized spacial score (nSPS) is 15.1. The first-order valence-corrected chi connectivity index (χ1v) is 4.73. The quantitative estimate of drug-likeness (QED) is 0.636. The third-order valence-corrected chi connectivity index (χ3v) is 2.07. The predicted octanol–water partition coefficient (Wildman–Crippen LogP) is 0.333. The molecule has 0 spiro atoms. The molecule has 0 saturated heterocycles. The minimum atomic E-state index is -0.825. The average Bonchev–Trinajstić information content (AvgIpc) is 2.19. The first-order chi connectivity index (χ1) is 6.72. The van der Waals surface area contributed by atoms with E-state index in [2.05, 4.69) is 0 Å². The number of hydrogen-bond acceptors (Lipinski definition) is 3. The van der Waals surface area contributed by atoms with Crippen LogP contribution >= 0.6 is 0 Å². The van der Waals surface area contributed by atoms with Crippen LogP contribution in [0.5, 0.6) is 0 Å². The van der Waals surface area contributed by atoms with Gasteiger partial charge in [-0.1, -0.05) is 30.3 Å². The van der Waals surface area contributed by atoms with Crippen LogP contribution in [0.2, 0.25) is 0 Å². The Morgan fingerprint density at radius 1 is 1.00 bits per heavy atom. The summed E-state index contributed by atoms with van der Waals surface area (Å²) in [6.45, 7) is -0.300. The van der Waals surface area contributed by atoms with Crippen LogP contribution in [0.3, 0.4) is 0 Å². The van der Waals surface area contributed by atoms with Crippen LogP contribution in [0, 0.1) is 0 Å². The van der Waals surface area contributed by atoms with E-state index in [1.807, 2.05) is 30.3 Å². The van der Waals surface area contributed by atoms with Gasteiger partial charge in [-0.05, 0) is 12.0 Å². The smallest absolute Gasteiger partial charge is 0.0795 e. The summed E-state index contributed by atoms with van der Waals surface area (Å²) in [5.41, 5.74) is 1.03. The lowest BCUT2D eigenvalue weighted by atomic mass is 10.0. The van der Waals surface area contributed by atoms with Crippen molar-refractivity contribution in [3.63, 3.8) is 0 Å². The number of hydrogen-bond donors (Lipinski definition) is 3. The third-order valence-electron chi connectivity index (χ3n) is 2.07. The molecule has 0 heterocycles. The van der Waals surface area contributed by atoms with Crippen molar-refractivity contribution in [3.05, 3.63) is 35.9 Å². The van der Waals surface area contributed by atoms with Crippen molar-refractivity contribution in [1.29, 1.82) is 0 Å². The first-order valence-electron chi connectivity index (χ1n) is 4.73. The van der Waals surface area contributed by atoms with Crippen molar-refractivity contribution in [1.82, 2.24) is 0 Å². The molecule has 0 saturated carbocycles. The monoisotopic (exact) mass is 196 g/mol. The zero-order valence-electron chi connectivity index (χ0n) is 8.00. The summed E-state index contributed by atoms with van der Waals surface area (Å²) in [6, 6.07) is 9.58. The lowest BCUT2D eigenvalue weighted by Crippen LogP contribution is -2.22. The van der Waals surface area contributed by atoms with Crippen LogP contribution in [0.15, 0.2) is 30.3 Å². The van der Waals surface area contributed by atoms with E-state index in [0.29, 0.717) is 6.42 Å². The minimum absolute atomic E-state index is 0.214. The molecular formula is C11H16O3. The zero-order chi connectivity index (χ0) is 10.4. The van der Waals surface area contributed by atoms with Crippen molar-refractivity contribution >= 4 is 0 Å². The molecule has 0 bridgehead atoms. The number of aliphatic hydroxyl groups excluding tert-OH is 3. The van der Waals surface area contributed by atoms with Crippen LogP contribution in [-0.4, -0.2) is 34.1 Å². The Morgan fingerprint density at radius 2 is 1.64 bits per heavy atom. The Kier molecular flexibility index (Phi) is 4.59. The van der Waals surface area contributed by atoms with Crippen molar-refractivity contribution in [2.24, 2.45) is 0 Å². The van der Waals surface area contributed by atoms with Gasteiger partial charge in [0.25, 0.3) is 0 Å². The van der Waals surface area contributed by atoms with Gasteiger partial charge in [-0.25, -0.2) is 0 Å². The van der Waals surface area contributed by atoms with Gasteiger partial charge in [0.1, 0.15) is 0 Å². The standard InChI is InChI=1S/C11H16O3/c12-8-11(14)7-10(13)6-9-4-2-1-3-5-9/h1-5,10-14H,6-8H2/t10-,11+/m1/s1. The average molecular weight is 196 g/mol. The lowest BCUT2D eigenvalue weighted by molar-refractivity contribution is 0.0420. The first kappa shape index (κ1) is 11.2. The molecule has 0 unspecified atom stereocenters. The Labute approximate surface area is 83.6 Å². The molecule has 0 aromatic heterocycles. The highest BCUT2D eigenvalue weighted by Gasteiger charge is 2.11. The highest BCUT2D eigenvalue weighted by Crippen LogP contribution is 2.07. The molecule has 0 radical (unpaired) electrons. The molecule has 1 rings (SSSR count). The van der Waals surface area contributed by atoms with E-state index in [0.717, 1.165) is 5.56 Å². The zero-order valence-corrected chi connectivity index (χ0v) is 8.00. The molecule has 2 atom stereocenters. The topological polar surface area (TPSA) is 60.7 Å². The summed E-state index contributed by atoms with van der Waals surface area (Å²) >= 11 is 0. The van der Waals surface area contributed by atoms with Crippen LogP contribution in [0.4, 0.5) is 0 Å². The van der Waals surface area contributed by atoms with Crippen molar-refractivity contribution < 1.29 is 15.3 Å². The maximum atomic E-state index is 9.53. The van der Waals surface area contributed by atoms with E-state index < -0.39 is 12.2 Å². The molecule has 78 valence electrons. The molecule has 0 fully saturated rings. The second-order valence-electron chi connectivity index (χ2n) is 3.42. The molecule has 14 heavy (non-hydrogen) atoms. The van der Waals surface area contributed by atoms with Crippen LogP contribution in [0.25, 0.3) is 0 Å². The van der Waals surface area contributed by atoms with Gasteiger partial charge in [-0.15, -0.1) is 0 Å². The van der Waals surface area contributed by atoms with Gasteiger partial charge in [0, 0.05) is 6.42 Å². The summed E-state index contributed by atoms with van der Waals surface area (Å²) in [7, 11) is 0.